The second-order valence-corrected chi connectivity index (χ2v) is 5.06. The van der Waals surface area contributed by atoms with E-state index in [4.69, 9.17) is 0 Å². The maximum absolute atomic E-state index is 12.1. The van der Waals surface area contributed by atoms with Crippen LogP contribution in [0.3, 0.4) is 0 Å². The second kappa shape index (κ2) is 5.79. The topological polar surface area (TPSA) is 59.3 Å². The molecule has 2 aromatic rings. The molecule has 0 unspecified atom stereocenters. The Hall–Kier alpha value is -1.95. The number of benzene rings is 1. The molecule has 5 nitrogen and oxygen atoms in total. The summed E-state index contributed by atoms with van der Waals surface area (Å²) < 4.78 is 1.62. The molecular formula is C13H16N4OS. The maximum Gasteiger partial charge on any atom is 0.286 e. The molecule has 0 aliphatic rings. The fourth-order valence-electron chi connectivity index (χ4n) is 1.54. The minimum Gasteiger partial charge on any atom is -0.320 e. The van der Waals surface area contributed by atoms with E-state index >= 15 is 0 Å². The third kappa shape index (κ3) is 3.29. The molecule has 1 aromatic carbocycles. The molecule has 0 saturated heterocycles. The highest BCUT2D eigenvalue weighted by molar-refractivity contribution is 7.11. The number of hydrogen-bond donors (Lipinski definition) is 1. The minimum absolute atomic E-state index is 0.206. The van der Waals surface area contributed by atoms with Gasteiger partial charge in [-0.1, -0.05) is 29.0 Å². The predicted octanol–water partition coefficient (Wildman–Crippen LogP) is 1.96. The summed E-state index contributed by atoms with van der Waals surface area (Å²) in [6, 6.07) is 7.65. The number of aryl methyl sites for hydroxylation is 2. The van der Waals surface area contributed by atoms with Crippen LogP contribution in [0.15, 0.2) is 29.3 Å². The molecule has 1 aromatic heterocycles. The van der Waals surface area contributed by atoms with Crippen LogP contribution in [-0.2, 0) is 7.05 Å². The van der Waals surface area contributed by atoms with Gasteiger partial charge in [0.1, 0.15) is 0 Å². The number of rotatable bonds is 3. The first kappa shape index (κ1) is 13.5. The van der Waals surface area contributed by atoms with Gasteiger partial charge in [-0.15, -0.1) is 0 Å². The Bertz CT molecular complexity index is 639. The first-order valence-corrected chi connectivity index (χ1v) is 6.84. The number of nitrogens with zero attached hydrogens (tertiary/aromatic N) is 3. The van der Waals surface area contributed by atoms with Crippen molar-refractivity contribution in [2.75, 3.05) is 11.9 Å². The zero-order valence-electron chi connectivity index (χ0n) is 11.2. The Morgan fingerprint density at radius 1 is 1.42 bits per heavy atom. The van der Waals surface area contributed by atoms with E-state index in [0.717, 1.165) is 16.1 Å². The van der Waals surface area contributed by atoms with Crippen molar-refractivity contribution in [3.05, 3.63) is 39.6 Å². The van der Waals surface area contributed by atoms with Crippen LogP contribution in [0.2, 0.25) is 0 Å². The van der Waals surface area contributed by atoms with E-state index in [1.165, 1.54) is 11.3 Å². The summed E-state index contributed by atoms with van der Waals surface area (Å²) in [6.07, 6.45) is 0. The molecule has 0 aliphatic carbocycles. The summed E-state index contributed by atoms with van der Waals surface area (Å²) in [5.41, 5.74) is 1.92. The first-order chi connectivity index (χ1) is 9.10. The van der Waals surface area contributed by atoms with E-state index < -0.39 is 0 Å². The highest BCUT2D eigenvalue weighted by atomic mass is 32.1. The molecule has 1 amide bonds. The summed E-state index contributed by atoms with van der Waals surface area (Å²) in [7, 11) is 1.79. The molecule has 0 spiro atoms. The largest absolute Gasteiger partial charge is 0.320 e. The molecule has 100 valence electrons. The second-order valence-electron chi connectivity index (χ2n) is 4.11. The Morgan fingerprint density at radius 3 is 2.74 bits per heavy atom. The lowest BCUT2D eigenvalue weighted by molar-refractivity contribution is 0.102. The van der Waals surface area contributed by atoms with Crippen LogP contribution >= 0.6 is 11.3 Å². The summed E-state index contributed by atoms with van der Waals surface area (Å²) in [5, 5.41) is 7.41. The van der Waals surface area contributed by atoms with E-state index in [1.807, 2.05) is 38.1 Å². The van der Waals surface area contributed by atoms with Crippen molar-refractivity contribution < 1.29 is 4.79 Å². The molecule has 1 N–H and O–H groups in total. The van der Waals surface area contributed by atoms with E-state index in [2.05, 4.69) is 15.4 Å². The number of aromatic nitrogens is 2. The SMILES string of the molecule is CCN=c1sc(C(=O)Nc2ccc(C)cc2)nn1C. The van der Waals surface area contributed by atoms with Crippen LogP contribution in [-0.4, -0.2) is 22.2 Å². The first-order valence-electron chi connectivity index (χ1n) is 6.03. The smallest absolute Gasteiger partial charge is 0.286 e. The van der Waals surface area contributed by atoms with Gasteiger partial charge in [0, 0.05) is 19.3 Å². The average molecular weight is 276 g/mol. The number of carbonyl (C=O) groups excluding carboxylic acids is 1. The summed E-state index contributed by atoms with van der Waals surface area (Å²) in [5.74, 6) is -0.206. The Balaban J connectivity index is 2.18. The van der Waals surface area contributed by atoms with Crippen LogP contribution in [0.5, 0.6) is 0 Å². The zero-order valence-corrected chi connectivity index (χ0v) is 12.0. The van der Waals surface area contributed by atoms with E-state index in [0.29, 0.717) is 11.6 Å². The van der Waals surface area contributed by atoms with Crippen molar-refractivity contribution in [1.29, 1.82) is 0 Å². The lowest BCUT2D eigenvalue weighted by Gasteiger charge is -2.02. The summed E-state index contributed by atoms with van der Waals surface area (Å²) in [4.78, 5) is 17.1. The van der Waals surface area contributed by atoms with Crippen LogP contribution in [0.1, 0.15) is 22.3 Å². The number of carbonyl (C=O) groups is 1. The highest BCUT2D eigenvalue weighted by Crippen LogP contribution is 2.10. The number of nitrogens with one attached hydrogen (secondary N) is 1. The lowest BCUT2D eigenvalue weighted by Crippen LogP contribution is -2.13. The van der Waals surface area contributed by atoms with E-state index in [1.54, 1.807) is 11.7 Å². The Labute approximate surface area is 115 Å². The van der Waals surface area contributed by atoms with Crippen molar-refractivity contribution in [3.8, 4) is 0 Å². The van der Waals surface area contributed by atoms with Gasteiger partial charge in [-0.25, -0.2) is 4.68 Å². The van der Waals surface area contributed by atoms with Crippen LogP contribution in [0, 0.1) is 6.92 Å². The van der Waals surface area contributed by atoms with Crippen molar-refractivity contribution in [3.63, 3.8) is 0 Å². The van der Waals surface area contributed by atoms with Gasteiger partial charge in [-0.3, -0.25) is 9.79 Å². The van der Waals surface area contributed by atoms with Crippen LogP contribution < -0.4 is 10.1 Å². The summed E-state index contributed by atoms with van der Waals surface area (Å²) >= 11 is 1.29. The highest BCUT2D eigenvalue weighted by Gasteiger charge is 2.11. The normalized spacial score (nSPS) is 11.6. The van der Waals surface area contributed by atoms with Gasteiger partial charge in [0.05, 0.1) is 0 Å². The molecule has 19 heavy (non-hydrogen) atoms. The Kier molecular flexibility index (Phi) is 4.11. The van der Waals surface area contributed by atoms with Gasteiger partial charge in [-0.2, -0.15) is 5.10 Å². The average Bonchev–Trinajstić information content (AvgIpc) is 2.75. The molecule has 0 atom stereocenters. The molecule has 0 saturated carbocycles. The standard InChI is InChI=1S/C13H16N4OS/c1-4-14-13-17(3)16-12(19-13)11(18)15-10-7-5-9(2)6-8-10/h5-8H,4H2,1-3H3,(H,15,18). The zero-order chi connectivity index (χ0) is 13.8. The van der Waals surface area contributed by atoms with Crippen molar-refractivity contribution in [1.82, 2.24) is 9.78 Å². The lowest BCUT2D eigenvalue weighted by atomic mass is 10.2. The number of anilines is 1. The van der Waals surface area contributed by atoms with Gasteiger partial charge in [0.25, 0.3) is 5.91 Å². The number of hydrogen-bond acceptors (Lipinski definition) is 4. The van der Waals surface area contributed by atoms with Crippen LogP contribution in [0.4, 0.5) is 5.69 Å². The Morgan fingerprint density at radius 2 is 2.11 bits per heavy atom. The quantitative estimate of drug-likeness (QED) is 0.931. The molecule has 0 bridgehead atoms. The predicted molar refractivity (Wildman–Crippen MR) is 76.3 cm³/mol. The molecule has 2 rings (SSSR count). The molecule has 6 heteroatoms. The third-order valence-electron chi connectivity index (χ3n) is 2.50. The van der Waals surface area contributed by atoms with Gasteiger partial charge in [-0.05, 0) is 26.0 Å². The third-order valence-corrected chi connectivity index (χ3v) is 3.54. The maximum atomic E-state index is 12.1. The molecule has 0 radical (unpaired) electrons. The van der Waals surface area contributed by atoms with Crippen molar-refractivity contribution >= 4 is 22.9 Å². The molecule has 1 heterocycles. The molecular weight excluding hydrogens is 260 g/mol. The fourth-order valence-corrected chi connectivity index (χ4v) is 2.38. The molecule has 0 aliphatic heterocycles. The van der Waals surface area contributed by atoms with E-state index in [9.17, 15) is 4.79 Å². The fraction of sp³-hybridized carbons (Fsp3) is 0.308. The number of amides is 1. The molecule has 0 fully saturated rings. The van der Waals surface area contributed by atoms with Gasteiger partial charge in [0.2, 0.25) is 9.81 Å². The van der Waals surface area contributed by atoms with Crippen molar-refractivity contribution in [2.24, 2.45) is 12.0 Å². The monoisotopic (exact) mass is 276 g/mol. The van der Waals surface area contributed by atoms with Gasteiger partial charge in [0.15, 0.2) is 0 Å². The van der Waals surface area contributed by atoms with Crippen LogP contribution in [0.25, 0.3) is 0 Å². The minimum atomic E-state index is -0.206. The van der Waals surface area contributed by atoms with E-state index in [-0.39, 0.29) is 5.91 Å². The van der Waals surface area contributed by atoms with Gasteiger partial charge >= 0.3 is 0 Å². The summed E-state index contributed by atoms with van der Waals surface area (Å²) in [6.45, 7) is 4.63. The van der Waals surface area contributed by atoms with Crippen molar-refractivity contribution in [2.45, 2.75) is 13.8 Å². The van der Waals surface area contributed by atoms with Gasteiger partial charge < -0.3 is 5.32 Å².